The Hall–Kier alpha value is -1.26. The van der Waals surface area contributed by atoms with Gasteiger partial charge in [-0.2, -0.15) is 0 Å². The third-order valence-electron chi connectivity index (χ3n) is 14.2. The van der Waals surface area contributed by atoms with Crippen molar-refractivity contribution >= 4 is 38.6 Å². The number of phenols is 1. The summed E-state index contributed by atoms with van der Waals surface area (Å²) < 4.78 is 66.6. The van der Waals surface area contributed by atoms with Crippen LogP contribution >= 0.6 is 7.82 Å². The second-order valence-corrected chi connectivity index (χ2v) is 28.6. The van der Waals surface area contributed by atoms with Crippen LogP contribution in [0.4, 0.5) is 0 Å². The van der Waals surface area contributed by atoms with Crippen molar-refractivity contribution in [1.82, 2.24) is 0 Å². The average Bonchev–Trinajstić information content (AvgIpc) is 3.41. The van der Waals surface area contributed by atoms with Gasteiger partial charge < -0.3 is 33.1 Å². The maximum absolute atomic E-state index is 12.5. The predicted octanol–water partition coefficient (Wildman–Crippen LogP) is 18.7. The van der Waals surface area contributed by atoms with Gasteiger partial charge in [0.05, 0.1) is 19.8 Å². The number of rotatable bonds is 49. The fraction of sp³-hybridized carbons (Fsp3) is 0.861. The molecule has 1 rings (SSSR count). The molecule has 0 saturated carbocycles. The van der Waals surface area contributed by atoms with Crippen LogP contribution in [0.1, 0.15) is 366 Å². The normalized spacial score (nSPS) is 12.3. The van der Waals surface area contributed by atoms with Crippen LogP contribution in [0.2, 0.25) is 0 Å². The average molecular weight is 1310 g/mol. The SMILES string of the molecule is C.C.CC(C)C.CCCCCCCC/C=C\CCCCCCCC(=O)O[C@H](COC(=O)CCCCCCCCCCCCCCC)COP(=O)([O-])OCC.CCCCCCCCCCCCOS(=O)(=O)[O-].Cc1cc(C(C)(C)C)c(O)c(C(C)(C)C)c1.[B].[Na+]. The molecular weight excluding hydrogens is 1170 g/mol. The number of unbranched alkanes of at least 4 members (excludes halogenated alkanes) is 32. The number of phenolic OH excluding ortho intramolecular Hbond substituents is 1. The van der Waals surface area contributed by atoms with E-state index in [2.05, 4.69) is 123 Å². The van der Waals surface area contributed by atoms with Gasteiger partial charge in [-0.3, -0.25) is 18.3 Å². The molecule has 0 spiro atoms. The monoisotopic (exact) mass is 1310 g/mol. The van der Waals surface area contributed by atoms with Crippen molar-refractivity contribution < 1.29 is 89.4 Å². The van der Waals surface area contributed by atoms with Crippen LogP contribution in [0.3, 0.4) is 0 Å². The van der Waals surface area contributed by atoms with E-state index in [0.29, 0.717) is 18.6 Å². The number of carbonyl (C=O) groups excluding carboxylic acids is 2. The first kappa shape index (κ1) is 101. The summed E-state index contributed by atoms with van der Waals surface area (Å²) in [7, 11) is -9.01. The summed E-state index contributed by atoms with van der Waals surface area (Å²) in [6, 6.07) is 4.18. The number of esters is 2. The first-order chi connectivity index (χ1) is 40.2. The number of ether oxygens (including phenoxy) is 2. The second-order valence-electron chi connectivity index (χ2n) is 26.1. The van der Waals surface area contributed by atoms with Gasteiger partial charge in [0, 0.05) is 21.3 Å². The Morgan fingerprint density at radius 3 is 1.19 bits per heavy atom. The summed E-state index contributed by atoms with van der Waals surface area (Å²) in [4.78, 5) is 36.7. The van der Waals surface area contributed by atoms with Crippen LogP contribution < -0.4 is 34.5 Å². The summed E-state index contributed by atoms with van der Waals surface area (Å²) in [6.45, 7) is 28.9. The number of phosphoric ester groups is 1. The van der Waals surface area contributed by atoms with Crippen LogP contribution in [0, 0.1) is 12.8 Å². The minimum atomic E-state index is -4.52. The molecule has 2 atom stereocenters. The Bertz CT molecular complexity index is 1870. The molecule has 0 bridgehead atoms. The molecule has 0 aromatic heterocycles. The third-order valence-corrected chi connectivity index (χ3v) is 15.7. The zero-order chi connectivity index (χ0) is 64.7. The molecule has 1 N–H and O–H groups in total. The van der Waals surface area contributed by atoms with E-state index in [0.717, 1.165) is 81.3 Å². The number of hydrogen-bond donors (Lipinski definition) is 1. The van der Waals surface area contributed by atoms with E-state index in [1.165, 1.54) is 167 Å². The van der Waals surface area contributed by atoms with Gasteiger partial charge in [-0.05, 0) is 86.7 Å². The third kappa shape index (κ3) is 74.0. The minimum Gasteiger partial charge on any atom is -0.756 e. The van der Waals surface area contributed by atoms with Crippen molar-refractivity contribution in [1.29, 1.82) is 0 Å². The van der Waals surface area contributed by atoms with Crippen LogP contribution in [-0.4, -0.2) is 71.0 Å². The first-order valence-electron chi connectivity index (χ1n) is 34.2. The van der Waals surface area contributed by atoms with Crippen molar-refractivity contribution in [2.24, 2.45) is 5.92 Å². The van der Waals surface area contributed by atoms with Crippen LogP contribution in [0.15, 0.2) is 24.3 Å². The van der Waals surface area contributed by atoms with E-state index < -0.39 is 36.9 Å². The van der Waals surface area contributed by atoms with Crippen molar-refractivity contribution in [3.8, 4) is 5.75 Å². The molecule has 0 amide bonds. The topological polar surface area (TPSA) is 198 Å². The molecule has 1 aromatic rings. The van der Waals surface area contributed by atoms with Gasteiger partial charge in [-0.25, -0.2) is 8.42 Å². The number of benzene rings is 1. The van der Waals surface area contributed by atoms with Gasteiger partial charge in [0.25, 0.3) is 7.82 Å². The molecule has 523 valence electrons. The van der Waals surface area contributed by atoms with Crippen molar-refractivity contribution in [2.75, 3.05) is 26.4 Å². The fourth-order valence-electron chi connectivity index (χ4n) is 9.29. The van der Waals surface area contributed by atoms with Crippen molar-refractivity contribution in [3.63, 3.8) is 0 Å². The molecule has 0 fully saturated rings. The van der Waals surface area contributed by atoms with Crippen LogP contribution in [0.25, 0.3) is 0 Å². The van der Waals surface area contributed by atoms with Crippen LogP contribution in [0.5, 0.6) is 5.75 Å². The van der Waals surface area contributed by atoms with E-state index in [4.69, 9.17) is 14.0 Å². The summed E-state index contributed by atoms with van der Waals surface area (Å²) in [6.07, 6.45) is 46.9. The van der Waals surface area contributed by atoms with Crippen molar-refractivity contribution in [2.45, 2.75) is 373 Å². The molecule has 0 heterocycles. The summed E-state index contributed by atoms with van der Waals surface area (Å²) in [5, 5.41) is 10.4. The molecule has 3 radical (unpaired) electrons. The zero-order valence-corrected chi connectivity index (χ0v) is 62.7. The van der Waals surface area contributed by atoms with E-state index >= 15 is 0 Å². The largest absolute Gasteiger partial charge is 1.00 e. The molecule has 0 aliphatic rings. The second kappa shape index (κ2) is 66.8. The zero-order valence-electron chi connectivity index (χ0n) is 58.9. The summed E-state index contributed by atoms with van der Waals surface area (Å²) in [5.74, 6) is 0.461. The maximum atomic E-state index is 12.5. The number of aryl methyl sites for hydroxylation is 1. The van der Waals surface area contributed by atoms with E-state index in [9.17, 15) is 37.1 Å². The molecule has 17 heteroatoms. The van der Waals surface area contributed by atoms with Gasteiger partial charge in [0.1, 0.15) is 12.4 Å². The smallest absolute Gasteiger partial charge is 0.756 e. The Morgan fingerprint density at radius 1 is 0.551 bits per heavy atom. The van der Waals surface area contributed by atoms with Gasteiger partial charge in [0.15, 0.2) is 6.10 Å². The van der Waals surface area contributed by atoms with Gasteiger partial charge in [-0.1, -0.05) is 314 Å². The summed E-state index contributed by atoms with van der Waals surface area (Å²) >= 11 is 0. The molecule has 0 aliphatic heterocycles. The quantitative estimate of drug-likeness (QED) is 0.0123. The predicted molar refractivity (Wildman–Crippen MR) is 373 cm³/mol. The number of hydrogen-bond acceptors (Lipinski definition) is 13. The number of carbonyl (C=O) groups is 2. The fourth-order valence-corrected chi connectivity index (χ4v) is 10.4. The standard InChI is InChI=1S/C39H75O8P.C15H24O.C12H26O4S.C4H10.2CH4.B.Na/c1-4-7-9-11-13-15-17-19-20-22-24-26-28-30-32-34-39(41)47-37(36-46-48(42,43)45-6-3)35-44-38(40)33-31-29-27-25-23-21-18-16-14-12-10-8-5-2;1-10-8-11(14(2,3)4)13(16)12(9-10)15(5,6)7;1-2-3-4-5-6-7-8-9-10-11-12-16-17(13,14)15;1-4(2)3;;;;/h19-20,37H,4-18,21-36H2,1-3H3,(H,42,43);8-9,16H,1-7H3;2-12H2,1H3,(H,13,14,15);4H,1-3H3;2*1H4;;/q;;;;;;;+1/p-2/b20-19-;;;;;;;/t37-;;;;;;;/m1......./s1. The number of allylic oxidation sites excluding steroid dienone is 2. The van der Waals surface area contributed by atoms with Gasteiger partial charge in [0.2, 0.25) is 10.4 Å². The minimum absolute atomic E-state index is 0. The Balaban J connectivity index is -0.000000266. The molecule has 89 heavy (non-hydrogen) atoms. The van der Waals surface area contributed by atoms with Crippen molar-refractivity contribution in [3.05, 3.63) is 41.0 Å². The molecule has 1 aromatic carbocycles. The van der Waals surface area contributed by atoms with Crippen LogP contribution in [-0.2, 0) is 58.1 Å². The molecule has 13 nitrogen and oxygen atoms in total. The number of phosphoric acid groups is 1. The molecule has 1 unspecified atom stereocenters. The Labute approximate surface area is 575 Å². The van der Waals surface area contributed by atoms with E-state index in [1.807, 2.05) is 0 Å². The first-order valence-corrected chi connectivity index (χ1v) is 37.0. The van der Waals surface area contributed by atoms with Gasteiger partial charge in [-0.15, -0.1) is 0 Å². The molecule has 0 aliphatic carbocycles. The Morgan fingerprint density at radius 2 is 0.865 bits per heavy atom. The van der Waals surface area contributed by atoms with Gasteiger partial charge >= 0.3 is 41.5 Å². The molecular formula is C72H141BNaO13PS-. The van der Waals surface area contributed by atoms with E-state index in [-0.39, 0.29) is 102 Å². The Kier molecular flexibility index (Phi) is 76.0. The van der Waals surface area contributed by atoms with E-state index in [1.54, 1.807) is 0 Å². The number of aromatic hydroxyl groups is 1. The summed E-state index contributed by atoms with van der Waals surface area (Å²) in [5.41, 5.74) is 3.26. The maximum Gasteiger partial charge on any atom is 1.00 e. The molecule has 0 saturated heterocycles.